The summed E-state index contributed by atoms with van der Waals surface area (Å²) in [6, 6.07) is 2.20. The molecule has 1 amide bonds. The number of carbonyl (C=O) groups excluding carboxylic acids is 1. The summed E-state index contributed by atoms with van der Waals surface area (Å²) >= 11 is 0. The van der Waals surface area contributed by atoms with Gasteiger partial charge in [-0.25, -0.2) is 24.6 Å². The summed E-state index contributed by atoms with van der Waals surface area (Å²) in [6.45, 7) is 0. The highest BCUT2D eigenvalue weighted by Crippen LogP contribution is 2.34. The molecule has 1 aliphatic rings. The van der Waals surface area contributed by atoms with Gasteiger partial charge in [0.25, 0.3) is 5.91 Å². The van der Waals surface area contributed by atoms with E-state index < -0.39 is 17.8 Å². The fraction of sp³-hybridized carbons (Fsp3) is 0.263. The van der Waals surface area contributed by atoms with Crippen LogP contribution in [0.5, 0.6) is 5.88 Å². The van der Waals surface area contributed by atoms with Crippen LogP contribution < -0.4 is 10.5 Å². The minimum atomic E-state index is -4.66. The van der Waals surface area contributed by atoms with Crippen molar-refractivity contribution in [2.45, 2.75) is 31.5 Å². The normalized spacial score (nSPS) is 14.9. The largest absolute Gasteiger partial charge is 0.474 e. The molecule has 9 nitrogen and oxygen atoms in total. The van der Waals surface area contributed by atoms with Crippen molar-refractivity contribution in [3.05, 3.63) is 48.4 Å². The number of nitrogens with two attached hydrogens (primary N) is 1. The van der Waals surface area contributed by atoms with E-state index in [4.69, 9.17) is 10.5 Å². The van der Waals surface area contributed by atoms with E-state index in [2.05, 4.69) is 25.0 Å². The molecule has 4 rings (SSSR count). The van der Waals surface area contributed by atoms with E-state index in [0.29, 0.717) is 5.56 Å². The Morgan fingerprint density at radius 2 is 1.97 bits per heavy atom. The molecule has 2 N–H and O–H groups in total. The average molecular weight is 431 g/mol. The predicted molar refractivity (Wildman–Crippen MR) is 102 cm³/mol. The van der Waals surface area contributed by atoms with Gasteiger partial charge in [0.1, 0.15) is 24.5 Å². The van der Waals surface area contributed by atoms with Crippen molar-refractivity contribution in [3.8, 4) is 17.3 Å². The predicted octanol–water partition coefficient (Wildman–Crippen LogP) is 2.56. The molecular formula is C19H16F3N7O2. The van der Waals surface area contributed by atoms with Gasteiger partial charge < -0.3 is 10.5 Å². The molecule has 0 aromatic carbocycles. The molecule has 0 bridgehead atoms. The van der Waals surface area contributed by atoms with Crippen LogP contribution in [0.2, 0.25) is 0 Å². The summed E-state index contributed by atoms with van der Waals surface area (Å²) in [6.07, 6.45) is 4.29. The number of hydrogen-bond donors (Lipinski definition) is 1. The van der Waals surface area contributed by atoms with E-state index in [-0.39, 0.29) is 28.9 Å². The minimum absolute atomic E-state index is 0.00394. The van der Waals surface area contributed by atoms with E-state index in [1.54, 1.807) is 0 Å². The quantitative estimate of drug-likeness (QED) is 0.595. The number of hydrogen-bond acceptors (Lipinski definition) is 7. The zero-order valence-corrected chi connectivity index (χ0v) is 16.0. The Hall–Kier alpha value is -3.83. The maximum Gasteiger partial charge on any atom is 0.433 e. The first-order valence-electron chi connectivity index (χ1n) is 9.24. The van der Waals surface area contributed by atoms with Crippen molar-refractivity contribution in [1.29, 1.82) is 0 Å². The van der Waals surface area contributed by atoms with Crippen molar-refractivity contribution in [2.24, 2.45) is 5.73 Å². The van der Waals surface area contributed by atoms with E-state index >= 15 is 0 Å². The number of primary amides is 1. The molecule has 1 fully saturated rings. The van der Waals surface area contributed by atoms with Gasteiger partial charge >= 0.3 is 6.18 Å². The van der Waals surface area contributed by atoms with Crippen LogP contribution >= 0.6 is 0 Å². The van der Waals surface area contributed by atoms with Gasteiger partial charge in [0.2, 0.25) is 5.88 Å². The van der Waals surface area contributed by atoms with Crippen LogP contribution in [-0.4, -0.2) is 41.7 Å². The number of halogens is 3. The first kappa shape index (κ1) is 20.4. The van der Waals surface area contributed by atoms with Crippen LogP contribution in [0.15, 0.2) is 37.2 Å². The smallest absolute Gasteiger partial charge is 0.433 e. The number of rotatable bonds is 6. The molecule has 3 aromatic rings. The third-order valence-electron chi connectivity index (χ3n) is 4.60. The number of nitrogens with zero attached hydrogens (tertiary/aromatic N) is 6. The Balaban J connectivity index is 1.69. The summed E-state index contributed by atoms with van der Waals surface area (Å²) in [7, 11) is 0. The van der Waals surface area contributed by atoms with Crippen molar-refractivity contribution in [3.63, 3.8) is 0 Å². The van der Waals surface area contributed by atoms with Crippen LogP contribution in [0.3, 0.4) is 0 Å². The molecule has 0 atom stereocenters. The Bertz CT molecular complexity index is 1130. The monoisotopic (exact) mass is 431 g/mol. The standard InChI is InChI=1S/C19H16F3N7O2/c20-19(21,22)15-4-11(5-16(27-15)31-13-2-1-3-13)18-26-10-29(28-18)8-14(17(23)30)12-6-24-9-25-7-12/h4-10,13H,1-3H2,(H2,23,30)/b14-8+. The lowest BCUT2D eigenvalue weighted by molar-refractivity contribution is -0.141. The molecule has 160 valence electrons. The summed E-state index contributed by atoms with van der Waals surface area (Å²) in [5, 5.41) is 4.14. The van der Waals surface area contributed by atoms with E-state index in [0.717, 1.165) is 25.3 Å². The van der Waals surface area contributed by atoms with E-state index in [1.165, 1.54) is 42.0 Å². The van der Waals surface area contributed by atoms with Gasteiger partial charge in [0.15, 0.2) is 5.82 Å². The summed E-state index contributed by atoms with van der Waals surface area (Å²) in [4.78, 5) is 27.1. The second kappa shape index (κ2) is 8.13. The number of amides is 1. The summed E-state index contributed by atoms with van der Waals surface area (Å²) in [5.41, 5.74) is 4.79. The second-order valence-electron chi connectivity index (χ2n) is 6.83. The number of alkyl halides is 3. The van der Waals surface area contributed by atoms with E-state index in [9.17, 15) is 18.0 Å². The van der Waals surface area contributed by atoms with Crippen molar-refractivity contribution < 1.29 is 22.7 Å². The van der Waals surface area contributed by atoms with Gasteiger partial charge in [-0.1, -0.05) is 0 Å². The molecule has 0 aliphatic heterocycles. The van der Waals surface area contributed by atoms with Crippen LogP contribution in [0.4, 0.5) is 13.2 Å². The molecule has 3 aromatic heterocycles. The molecule has 0 radical (unpaired) electrons. The lowest BCUT2D eigenvalue weighted by atomic mass is 9.96. The lowest BCUT2D eigenvalue weighted by Gasteiger charge is -2.26. The van der Waals surface area contributed by atoms with Crippen molar-refractivity contribution in [1.82, 2.24) is 29.7 Å². The maximum atomic E-state index is 13.3. The zero-order valence-electron chi connectivity index (χ0n) is 16.0. The molecule has 31 heavy (non-hydrogen) atoms. The fourth-order valence-corrected chi connectivity index (χ4v) is 2.82. The van der Waals surface area contributed by atoms with Crippen LogP contribution in [-0.2, 0) is 11.0 Å². The molecule has 12 heteroatoms. The van der Waals surface area contributed by atoms with Crippen molar-refractivity contribution >= 4 is 17.7 Å². The topological polar surface area (TPSA) is 122 Å². The van der Waals surface area contributed by atoms with Gasteiger partial charge in [0.05, 0.1) is 5.57 Å². The maximum absolute atomic E-state index is 13.3. The van der Waals surface area contributed by atoms with Crippen LogP contribution in [0.1, 0.15) is 30.5 Å². The molecular weight excluding hydrogens is 415 g/mol. The third kappa shape index (κ3) is 4.68. The number of aromatic nitrogens is 6. The molecule has 3 heterocycles. The first-order chi connectivity index (χ1) is 14.8. The highest BCUT2D eigenvalue weighted by molar-refractivity contribution is 6.22. The number of carbonyl (C=O) groups is 1. The summed E-state index contributed by atoms with van der Waals surface area (Å²) in [5.74, 6) is -0.900. The highest BCUT2D eigenvalue weighted by Gasteiger charge is 2.34. The highest BCUT2D eigenvalue weighted by atomic mass is 19.4. The Morgan fingerprint density at radius 3 is 2.58 bits per heavy atom. The van der Waals surface area contributed by atoms with Crippen molar-refractivity contribution in [2.75, 3.05) is 0 Å². The number of pyridine rings is 1. The van der Waals surface area contributed by atoms with Gasteiger partial charge in [-0.05, 0) is 25.3 Å². The minimum Gasteiger partial charge on any atom is -0.474 e. The zero-order chi connectivity index (χ0) is 22.0. The Kier molecular flexibility index (Phi) is 5.36. The Morgan fingerprint density at radius 1 is 1.23 bits per heavy atom. The average Bonchev–Trinajstić information content (AvgIpc) is 3.17. The Labute approximate surface area is 173 Å². The van der Waals surface area contributed by atoms with Gasteiger partial charge in [-0.3, -0.25) is 4.79 Å². The molecule has 0 unspecified atom stereocenters. The molecule has 0 spiro atoms. The van der Waals surface area contributed by atoms with Crippen LogP contribution in [0.25, 0.3) is 23.2 Å². The van der Waals surface area contributed by atoms with Crippen LogP contribution in [0, 0.1) is 0 Å². The fourth-order valence-electron chi connectivity index (χ4n) is 2.82. The summed E-state index contributed by atoms with van der Waals surface area (Å²) < 4.78 is 46.7. The first-order valence-corrected chi connectivity index (χ1v) is 9.24. The van der Waals surface area contributed by atoms with Gasteiger partial charge in [-0.2, -0.15) is 13.2 Å². The van der Waals surface area contributed by atoms with Gasteiger partial charge in [-0.15, -0.1) is 5.10 Å². The van der Waals surface area contributed by atoms with Gasteiger partial charge in [0, 0.05) is 35.8 Å². The molecule has 0 saturated heterocycles. The molecule has 1 aliphatic carbocycles. The second-order valence-corrected chi connectivity index (χ2v) is 6.83. The SMILES string of the molecule is NC(=O)/C(=C/n1cnc(-c2cc(OC3CCC3)nc(C(F)(F)F)c2)n1)c1cncnc1. The third-order valence-corrected chi connectivity index (χ3v) is 4.60. The van der Waals surface area contributed by atoms with E-state index in [1.807, 2.05) is 0 Å². The number of ether oxygens (including phenoxy) is 1. The molecule has 1 saturated carbocycles. The lowest BCUT2D eigenvalue weighted by Crippen LogP contribution is -2.25.